The highest BCUT2D eigenvalue weighted by Crippen LogP contribution is 2.53. The van der Waals surface area contributed by atoms with Gasteiger partial charge in [-0.15, -0.1) is 0 Å². The molecule has 14 heavy (non-hydrogen) atoms. The van der Waals surface area contributed by atoms with E-state index in [1.807, 2.05) is 0 Å². The zero-order valence-electron chi connectivity index (χ0n) is 9.09. The Morgan fingerprint density at radius 2 is 2.00 bits per heavy atom. The van der Waals surface area contributed by atoms with Gasteiger partial charge in [0.05, 0.1) is 0 Å². The van der Waals surface area contributed by atoms with E-state index in [1.165, 1.54) is 24.0 Å². The standard InChI is InChI=1S/C13H19N/c1-3-10-6-4-5-7-11(10)12(14)13(2)8-9-13/h4-7,12H,3,8-9,14H2,1-2H3. The van der Waals surface area contributed by atoms with Crippen LogP contribution in [0.15, 0.2) is 24.3 Å². The molecule has 1 heteroatoms. The Morgan fingerprint density at radius 1 is 1.36 bits per heavy atom. The lowest BCUT2D eigenvalue weighted by Gasteiger charge is -2.21. The normalized spacial score (nSPS) is 20.5. The summed E-state index contributed by atoms with van der Waals surface area (Å²) in [4.78, 5) is 0. The highest BCUT2D eigenvalue weighted by Gasteiger charge is 2.43. The molecule has 2 N–H and O–H groups in total. The summed E-state index contributed by atoms with van der Waals surface area (Å²) >= 11 is 0. The van der Waals surface area contributed by atoms with E-state index in [-0.39, 0.29) is 6.04 Å². The first-order chi connectivity index (χ1) is 6.67. The van der Waals surface area contributed by atoms with E-state index >= 15 is 0 Å². The van der Waals surface area contributed by atoms with Crippen molar-refractivity contribution in [1.82, 2.24) is 0 Å². The van der Waals surface area contributed by atoms with Crippen molar-refractivity contribution < 1.29 is 0 Å². The van der Waals surface area contributed by atoms with Crippen molar-refractivity contribution in [3.8, 4) is 0 Å². The van der Waals surface area contributed by atoms with E-state index in [2.05, 4.69) is 38.1 Å². The summed E-state index contributed by atoms with van der Waals surface area (Å²) in [6.45, 7) is 4.49. The van der Waals surface area contributed by atoms with Gasteiger partial charge in [-0.3, -0.25) is 0 Å². The van der Waals surface area contributed by atoms with E-state index in [4.69, 9.17) is 5.73 Å². The molecule has 0 aliphatic heterocycles. The Kier molecular flexibility index (Phi) is 2.36. The third-order valence-corrected chi connectivity index (χ3v) is 3.56. The zero-order chi connectivity index (χ0) is 10.2. The molecule has 0 aromatic heterocycles. The van der Waals surface area contributed by atoms with Gasteiger partial charge in [-0.1, -0.05) is 38.1 Å². The van der Waals surface area contributed by atoms with Gasteiger partial charge in [0.25, 0.3) is 0 Å². The molecule has 0 saturated heterocycles. The van der Waals surface area contributed by atoms with Crippen molar-refractivity contribution in [2.45, 2.75) is 39.2 Å². The van der Waals surface area contributed by atoms with Crippen LogP contribution in [0.1, 0.15) is 43.9 Å². The molecular weight excluding hydrogens is 170 g/mol. The van der Waals surface area contributed by atoms with Crippen LogP contribution < -0.4 is 5.73 Å². The predicted octanol–water partition coefficient (Wildman–Crippen LogP) is 3.05. The maximum atomic E-state index is 6.31. The molecule has 1 aromatic carbocycles. The van der Waals surface area contributed by atoms with Gasteiger partial charge in [-0.05, 0) is 35.8 Å². The molecular formula is C13H19N. The summed E-state index contributed by atoms with van der Waals surface area (Å²) in [5, 5.41) is 0. The lowest BCUT2D eigenvalue weighted by atomic mass is 9.89. The highest BCUT2D eigenvalue weighted by molar-refractivity contribution is 5.32. The van der Waals surface area contributed by atoms with Crippen LogP contribution in [-0.4, -0.2) is 0 Å². The highest BCUT2D eigenvalue weighted by atomic mass is 14.7. The number of benzene rings is 1. The van der Waals surface area contributed by atoms with Crippen LogP contribution in [0.4, 0.5) is 0 Å². The fourth-order valence-electron chi connectivity index (χ4n) is 2.04. The lowest BCUT2D eigenvalue weighted by molar-refractivity contribution is 0.448. The second-order valence-electron chi connectivity index (χ2n) is 4.68. The largest absolute Gasteiger partial charge is 0.323 e. The minimum absolute atomic E-state index is 0.235. The fraction of sp³-hybridized carbons (Fsp3) is 0.538. The zero-order valence-corrected chi connectivity index (χ0v) is 9.09. The quantitative estimate of drug-likeness (QED) is 0.777. The molecule has 0 spiro atoms. The van der Waals surface area contributed by atoms with Crippen molar-refractivity contribution in [2.75, 3.05) is 0 Å². The number of aryl methyl sites for hydroxylation is 1. The molecule has 0 bridgehead atoms. The molecule has 0 heterocycles. The summed E-state index contributed by atoms with van der Waals surface area (Å²) in [6.07, 6.45) is 3.65. The molecule has 1 fully saturated rings. The number of nitrogens with two attached hydrogens (primary N) is 1. The third-order valence-electron chi connectivity index (χ3n) is 3.56. The molecule has 76 valence electrons. The molecule has 0 amide bonds. The first kappa shape index (κ1) is 9.72. The Balaban J connectivity index is 2.30. The van der Waals surface area contributed by atoms with Crippen LogP contribution in [0.3, 0.4) is 0 Å². The van der Waals surface area contributed by atoms with Gasteiger partial charge in [0.1, 0.15) is 0 Å². The van der Waals surface area contributed by atoms with Gasteiger partial charge < -0.3 is 5.73 Å². The summed E-state index contributed by atoms with van der Waals surface area (Å²) < 4.78 is 0. The van der Waals surface area contributed by atoms with Crippen LogP contribution in [0, 0.1) is 5.41 Å². The van der Waals surface area contributed by atoms with Crippen molar-refractivity contribution in [3.63, 3.8) is 0 Å². The second kappa shape index (κ2) is 3.39. The van der Waals surface area contributed by atoms with Crippen molar-refractivity contribution in [3.05, 3.63) is 35.4 Å². The summed E-state index contributed by atoms with van der Waals surface area (Å²) in [5.74, 6) is 0. The van der Waals surface area contributed by atoms with E-state index in [0.29, 0.717) is 5.41 Å². The van der Waals surface area contributed by atoms with Gasteiger partial charge >= 0.3 is 0 Å². The van der Waals surface area contributed by atoms with Gasteiger partial charge in [-0.2, -0.15) is 0 Å². The predicted molar refractivity (Wildman–Crippen MR) is 60.1 cm³/mol. The monoisotopic (exact) mass is 189 g/mol. The molecule has 2 rings (SSSR count). The molecule has 1 atom stereocenters. The van der Waals surface area contributed by atoms with Gasteiger partial charge in [-0.25, -0.2) is 0 Å². The van der Waals surface area contributed by atoms with Crippen LogP contribution >= 0.6 is 0 Å². The topological polar surface area (TPSA) is 26.0 Å². The molecule has 0 radical (unpaired) electrons. The third kappa shape index (κ3) is 1.57. The molecule has 1 aliphatic carbocycles. The average molecular weight is 189 g/mol. The summed E-state index contributed by atoms with van der Waals surface area (Å²) in [7, 11) is 0. The second-order valence-corrected chi connectivity index (χ2v) is 4.68. The van der Waals surface area contributed by atoms with Gasteiger partial charge in [0.2, 0.25) is 0 Å². The van der Waals surface area contributed by atoms with Crippen LogP contribution in [0.5, 0.6) is 0 Å². The maximum Gasteiger partial charge on any atom is 0.0352 e. The lowest BCUT2D eigenvalue weighted by Crippen LogP contribution is -2.21. The Labute approximate surface area is 86.3 Å². The first-order valence-electron chi connectivity index (χ1n) is 5.51. The van der Waals surface area contributed by atoms with Crippen molar-refractivity contribution in [1.29, 1.82) is 0 Å². The van der Waals surface area contributed by atoms with E-state index in [0.717, 1.165) is 6.42 Å². The Morgan fingerprint density at radius 3 is 2.57 bits per heavy atom. The molecule has 1 saturated carbocycles. The smallest absolute Gasteiger partial charge is 0.0352 e. The van der Waals surface area contributed by atoms with E-state index < -0.39 is 0 Å². The minimum Gasteiger partial charge on any atom is -0.323 e. The minimum atomic E-state index is 0.235. The molecule has 1 unspecified atom stereocenters. The van der Waals surface area contributed by atoms with Crippen LogP contribution in [0.25, 0.3) is 0 Å². The van der Waals surface area contributed by atoms with Crippen molar-refractivity contribution >= 4 is 0 Å². The number of rotatable bonds is 3. The van der Waals surface area contributed by atoms with E-state index in [1.54, 1.807) is 0 Å². The van der Waals surface area contributed by atoms with Gasteiger partial charge in [0.15, 0.2) is 0 Å². The molecule has 1 aliphatic rings. The average Bonchev–Trinajstić information content (AvgIpc) is 2.97. The fourth-order valence-corrected chi connectivity index (χ4v) is 2.04. The molecule has 1 aromatic rings. The first-order valence-corrected chi connectivity index (χ1v) is 5.51. The molecule has 1 nitrogen and oxygen atoms in total. The van der Waals surface area contributed by atoms with Crippen LogP contribution in [0.2, 0.25) is 0 Å². The Hall–Kier alpha value is -0.820. The van der Waals surface area contributed by atoms with Gasteiger partial charge in [0, 0.05) is 6.04 Å². The number of hydrogen-bond donors (Lipinski definition) is 1. The summed E-state index contributed by atoms with van der Waals surface area (Å²) in [5.41, 5.74) is 9.46. The van der Waals surface area contributed by atoms with Crippen LogP contribution in [-0.2, 0) is 6.42 Å². The maximum absolute atomic E-state index is 6.31. The van der Waals surface area contributed by atoms with Crippen molar-refractivity contribution in [2.24, 2.45) is 11.1 Å². The van der Waals surface area contributed by atoms with E-state index in [9.17, 15) is 0 Å². The SMILES string of the molecule is CCc1ccccc1C(N)C1(C)CC1. The Bertz CT molecular complexity index is 326. The summed E-state index contributed by atoms with van der Waals surface area (Å²) in [6, 6.07) is 8.82. The number of hydrogen-bond acceptors (Lipinski definition) is 1.